The van der Waals surface area contributed by atoms with Gasteiger partial charge in [-0.2, -0.15) is 0 Å². The molecule has 1 aromatic rings. The van der Waals surface area contributed by atoms with E-state index in [9.17, 15) is 9.18 Å². The maximum atomic E-state index is 13.9. The quantitative estimate of drug-likeness (QED) is 0.881. The number of aliphatic carboxylic acids is 1. The molecule has 2 rings (SSSR count). The Labute approximate surface area is 111 Å². The lowest BCUT2D eigenvalue weighted by molar-refractivity contribution is -0.141. The van der Waals surface area contributed by atoms with Gasteiger partial charge in [0.1, 0.15) is 11.6 Å². The highest BCUT2D eigenvalue weighted by atomic mass is 19.1. The smallest absolute Gasteiger partial charge is 0.307 e. The van der Waals surface area contributed by atoms with E-state index in [1.165, 1.54) is 13.2 Å². The van der Waals surface area contributed by atoms with Crippen molar-refractivity contribution in [2.45, 2.75) is 26.3 Å². The van der Waals surface area contributed by atoms with Gasteiger partial charge in [0.2, 0.25) is 0 Å². The molecule has 0 amide bonds. The van der Waals surface area contributed by atoms with Crippen LogP contribution in [0.15, 0.2) is 6.07 Å². The fourth-order valence-electron chi connectivity index (χ4n) is 2.70. The first-order valence-electron chi connectivity index (χ1n) is 6.25. The standard InChI is InChI=1S/C14H18FNO3/c1-7-10(5-11(15)8(2)13(7)19-3)12-4-9(6-16-12)14(17)18/h5,9,12,16H,4,6H2,1-3H3,(H,17,18). The van der Waals surface area contributed by atoms with Crippen LogP contribution in [0.5, 0.6) is 5.75 Å². The summed E-state index contributed by atoms with van der Waals surface area (Å²) in [5, 5.41) is 12.1. The summed E-state index contributed by atoms with van der Waals surface area (Å²) in [6.07, 6.45) is 0.474. The lowest BCUT2D eigenvalue weighted by atomic mass is 9.94. The molecule has 5 heteroatoms. The number of nitrogens with one attached hydrogen (secondary N) is 1. The number of hydrogen-bond acceptors (Lipinski definition) is 3. The van der Waals surface area contributed by atoms with E-state index < -0.39 is 11.9 Å². The molecule has 1 aromatic carbocycles. The zero-order valence-electron chi connectivity index (χ0n) is 11.3. The first-order valence-corrected chi connectivity index (χ1v) is 6.25. The maximum absolute atomic E-state index is 13.9. The third kappa shape index (κ3) is 2.42. The minimum atomic E-state index is -0.813. The Morgan fingerprint density at radius 2 is 2.16 bits per heavy atom. The number of methoxy groups -OCH3 is 1. The normalized spacial score (nSPS) is 22.5. The Hall–Kier alpha value is -1.62. The van der Waals surface area contributed by atoms with Crippen molar-refractivity contribution in [3.63, 3.8) is 0 Å². The summed E-state index contributed by atoms with van der Waals surface area (Å²) in [6, 6.07) is 1.35. The van der Waals surface area contributed by atoms with Gasteiger partial charge in [-0.1, -0.05) is 0 Å². The second-order valence-corrected chi connectivity index (χ2v) is 4.96. The number of carbonyl (C=O) groups is 1. The van der Waals surface area contributed by atoms with Gasteiger partial charge in [0.25, 0.3) is 0 Å². The third-order valence-corrected chi connectivity index (χ3v) is 3.81. The molecule has 4 nitrogen and oxygen atoms in total. The molecule has 1 saturated heterocycles. The van der Waals surface area contributed by atoms with Gasteiger partial charge in [-0.15, -0.1) is 0 Å². The van der Waals surface area contributed by atoms with Crippen molar-refractivity contribution in [2.75, 3.05) is 13.7 Å². The van der Waals surface area contributed by atoms with Crippen LogP contribution in [0, 0.1) is 25.6 Å². The minimum absolute atomic E-state index is 0.134. The van der Waals surface area contributed by atoms with Crippen molar-refractivity contribution in [2.24, 2.45) is 5.92 Å². The Morgan fingerprint density at radius 1 is 1.47 bits per heavy atom. The van der Waals surface area contributed by atoms with E-state index in [1.54, 1.807) is 6.92 Å². The van der Waals surface area contributed by atoms with Gasteiger partial charge in [-0.05, 0) is 37.5 Å². The second kappa shape index (κ2) is 5.17. The number of rotatable bonds is 3. The Bertz CT molecular complexity index is 516. The summed E-state index contributed by atoms with van der Waals surface area (Å²) in [4.78, 5) is 11.0. The predicted octanol–water partition coefficient (Wildman–Crippen LogP) is 2.19. The predicted molar refractivity (Wildman–Crippen MR) is 68.9 cm³/mol. The number of halogens is 1. The van der Waals surface area contributed by atoms with Gasteiger partial charge in [0, 0.05) is 18.2 Å². The SMILES string of the molecule is COc1c(C)c(F)cc(C2CC(C(=O)O)CN2)c1C. The Morgan fingerprint density at radius 3 is 2.68 bits per heavy atom. The van der Waals surface area contributed by atoms with E-state index in [4.69, 9.17) is 9.84 Å². The minimum Gasteiger partial charge on any atom is -0.496 e. The van der Waals surface area contributed by atoms with Crippen molar-refractivity contribution in [1.82, 2.24) is 5.32 Å². The summed E-state index contributed by atoms with van der Waals surface area (Å²) in [6.45, 7) is 3.96. The molecular weight excluding hydrogens is 249 g/mol. The first kappa shape index (κ1) is 13.8. The van der Waals surface area contributed by atoms with Crippen LogP contribution in [0.4, 0.5) is 4.39 Å². The first-order chi connectivity index (χ1) is 8.95. The molecule has 0 saturated carbocycles. The van der Waals surface area contributed by atoms with Gasteiger partial charge in [-0.3, -0.25) is 4.79 Å². The summed E-state index contributed by atoms with van der Waals surface area (Å²) >= 11 is 0. The average Bonchev–Trinajstić information content (AvgIpc) is 2.84. The van der Waals surface area contributed by atoms with Gasteiger partial charge in [0.15, 0.2) is 0 Å². The molecule has 0 spiro atoms. The molecule has 19 heavy (non-hydrogen) atoms. The molecule has 1 aliphatic rings. The van der Waals surface area contributed by atoms with Crippen LogP contribution in [-0.4, -0.2) is 24.7 Å². The molecule has 2 atom stereocenters. The molecule has 1 aliphatic heterocycles. The lowest BCUT2D eigenvalue weighted by Crippen LogP contribution is -2.18. The summed E-state index contributed by atoms with van der Waals surface area (Å²) in [5.41, 5.74) is 2.13. The highest BCUT2D eigenvalue weighted by molar-refractivity contribution is 5.71. The molecular formula is C14H18FNO3. The summed E-state index contributed by atoms with van der Waals surface area (Å²) in [7, 11) is 1.51. The molecule has 0 aliphatic carbocycles. The van der Waals surface area contributed by atoms with Crippen LogP contribution in [0.2, 0.25) is 0 Å². The van der Waals surface area contributed by atoms with Gasteiger partial charge >= 0.3 is 5.97 Å². The Kier molecular flexibility index (Phi) is 3.75. The van der Waals surface area contributed by atoms with E-state index >= 15 is 0 Å². The fourth-order valence-corrected chi connectivity index (χ4v) is 2.70. The molecule has 1 fully saturated rings. The van der Waals surface area contributed by atoms with E-state index in [0.29, 0.717) is 24.3 Å². The largest absolute Gasteiger partial charge is 0.496 e. The average molecular weight is 267 g/mol. The van der Waals surface area contributed by atoms with Gasteiger partial charge < -0.3 is 15.2 Å². The van der Waals surface area contributed by atoms with Crippen LogP contribution in [0.3, 0.4) is 0 Å². The van der Waals surface area contributed by atoms with E-state index in [0.717, 1.165) is 11.1 Å². The molecule has 2 unspecified atom stereocenters. The van der Waals surface area contributed by atoms with Crippen molar-refractivity contribution < 1.29 is 19.0 Å². The number of ether oxygens (including phenoxy) is 1. The van der Waals surface area contributed by atoms with Crippen LogP contribution in [-0.2, 0) is 4.79 Å². The monoisotopic (exact) mass is 267 g/mol. The van der Waals surface area contributed by atoms with Crippen molar-refractivity contribution in [3.8, 4) is 5.75 Å². The second-order valence-electron chi connectivity index (χ2n) is 4.96. The van der Waals surface area contributed by atoms with Crippen molar-refractivity contribution in [3.05, 3.63) is 28.6 Å². The van der Waals surface area contributed by atoms with E-state index in [1.807, 2.05) is 6.92 Å². The fraction of sp³-hybridized carbons (Fsp3) is 0.500. The summed E-state index contributed by atoms with van der Waals surface area (Å²) < 4.78 is 19.1. The zero-order valence-corrected chi connectivity index (χ0v) is 11.3. The molecule has 0 aromatic heterocycles. The Balaban J connectivity index is 2.36. The molecule has 0 radical (unpaired) electrons. The van der Waals surface area contributed by atoms with Gasteiger partial charge in [-0.25, -0.2) is 4.39 Å². The van der Waals surface area contributed by atoms with Crippen LogP contribution in [0.25, 0.3) is 0 Å². The number of hydrogen-bond donors (Lipinski definition) is 2. The lowest BCUT2D eigenvalue weighted by Gasteiger charge is -2.18. The maximum Gasteiger partial charge on any atom is 0.307 e. The highest BCUT2D eigenvalue weighted by Gasteiger charge is 2.32. The molecule has 2 N–H and O–H groups in total. The van der Waals surface area contributed by atoms with E-state index in [2.05, 4.69) is 5.32 Å². The molecule has 0 bridgehead atoms. The third-order valence-electron chi connectivity index (χ3n) is 3.81. The van der Waals surface area contributed by atoms with Crippen molar-refractivity contribution >= 4 is 5.97 Å². The molecule has 104 valence electrons. The van der Waals surface area contributed by atoms with Crippen molar-refractivity contribution in [1.29, 1.82) is 0 Å². The van der Waals surface area contributed by atoms with Crippen LogP contribution in [0.1, 0.15) is 29.2 Å². The summed E-state index contributed by atoms with van der Waals surface area (Å²) in [5.74, 6) is -1.01. The van der Waals surface area contributed by atoms with E-state index in [-0.39, 0.29) is 11.9 Å². The topological polar surface area (TPSA) is 58.6 Å². The molecule has 1 heterocycles. The van der Waals surface area contributed by atoms with Crippen LogP contribution < -0.4 is 10.1 Å². The number of carboxylic acids is 1. The number of benzene rings is 1. The van der Waals surface area contributed by atoms with Gasteiger partial charge in [0.05, 0.1) is 13.0 Å². The number of carboxylic acid groups (broad SMARTS) is 1. The zero-order chi connectivity index (χ0) is 14.2. The van der Waals surface area contributed by atoms with Crippen LogP contribution >= 0.6 is 0 Å². The highest BCUT2D eigenvalue weighted by Crippen LogP contribution is 2.36.